The minimum Gasteiger partial charge on any atom is -0.385 e. The van der Waals surface area contributed by atoms with Gasteiger partial charge in [-0.3, -0.25) is 10.1 Å². The number of hydrogen-bond acceptors (Lipinski definition) is 6. The Kier molecular flexibility index (Phi) is 3.86. The fourth-order valence-electron chi connectivity index (χ4n) is 0.713. The lowest BCUT2D eigenvalue weighted by Gasteiger charge is -2.08. The summed E-state index contributed by atoms with van der Waals surface area (Å²) >= 11 is 0.717. The first-order valence-electron chi connectivity index (χ1n) is 3.81. The minimum absolute atomic E-state index is 0.126. The number of aromatic nitrogens is 1. The SMILES string of the molecule is O=[N+]([O-])c1cnc(NCC(O)C(F)F)s1. The molecule has 0 aliphatic carbocycles. The molecule has 0 aliphatic heterocycles. The number of alkyl halides is 2. The van der Waals surface area contributed by atoms with Crippen LogP contribution < -0.4 is 5.32 Å². The maximum atomic E-state index is 11.8. The molecule has 0 fully saturated rings. The van der Waals surface area contributed by atoms with Crippen molar-refractivity contribution in [1.82, 2.24) is 4.98 Å². The normalized spacial score (nSPS) is 12.8. The van der Waals surface area contributed by atoms with E-state index in [1.165, 1.54) is 0 Å². The largest absolute Gasteiger partial charge is 0.385 e. The van der Waals surface area contributed by atoms with Crippen LogP contribution in [0.2, 0.25) is 0 Å². The highest BCUT2D eigenvalue weighted by Gasteiger charge is 2.17. The number of nitrogens with one attached hydrogen (secondary N) is 1. The van der Waals surface area contributed by atoms with Gasteiger partial charge in [0.25, 0.3) is 6.43 Å². The van der Waals surface area contributed by atoms with Crippen LogP contribution in [0.15, 0.2) is 6.20 Å². The van der Waals surface area contributed by atoms with E-state index < -0.39 is 24.0 Å². The Morgan fingerprint density at radius 3 is 2.87 bits per heavy atom. The van der Waals surface area contributed by atoms with Gasteiger partial charge in [-0.1, -0.05) is 0 Å². The first-order valence-corrected chi connectivity index (χ1v) is 4.62. The van der Waals surface area contributed by atoms with Gasteiger partial charge in [-0.25, -0.2) is 13.8 Å². The first kappa shape index (κ1) is 11.7. The Morgan fingerprint density at radius 2 is 2.40 bits per heavy atom. The molecule has 1 atom stereocenters. The van der Waals surface area contributed by atoms with Crippen molar-refractivity contribution in [2.75, 3.05) is 11.9 Å². The van der Waals surface area contributed by atoms with Crippen LogP contribution in [-0.4, -0.2) is 34.1 Å². The highest BCUT2D eigenvalue weighted by molar-refractivity contribution is 7.18. The van der Waals surface area contributed by atoms with Crippen LogP contribution in [0.5, 0.6) is 0 Å². The molecule has 0 saturated carbocycles. The molecule has 0 radical (unpaired) electrons. The summed E-state index contributed by atoms with van der Waals surface area (Å²) in [6, 6.07) is 0. The monoisotopic (exact) mass is 239 g/mol. The average molecular weight is 239 g/mol. The summed E-state index contributed by atoms with van der Waals surface area (Å²) < 4.78 is 23.7. The molecular weight excluding hydrogens is 232 g/mol. The van der Waals surface area contributed by atoms with E-state index in [0.29, 0.717) is 0 Å². The average Bonchev–Trinajstić information content (AvgIpc) is 2.62. The van der Waals surface area contributed by atoms with Crippen molar-refractivity contribution < 1.29 is 18.8 Å². The van der Waals surface area contributed by atoms with Crippen LogP contribution in [-0.2, 0) is 0 Å². The van der Waals surface area contributed by atoms with Crippen LogP contribution in [0.4, 0.5) is 18.9 Å². The minimum atomic E-state index is -2.85. The van der Waals surface area contributed by atoms with Crippen molar-refractivity contribution in [1.29, 1.82) is 0 Å². The van der Waals surface area contributed by atoms with Gasteiger partial charge in [0, 0.05) is 6.54 Å². The lowest BCUT2D eigenvalue weighted by molar-refractivity contribution is -0.380. The van der Waals surface area contributed by atoms with Gasteiger partial charge >= 0.3 is 5.00 Å². The van der Waals surface area contributed by atoms with Crippen LogP contribution >= 0.6 is 11.3 Å². The van der Waals surface area contributed by atoms with Crippen molar-refractivity contribution in [3.63, 3.8) is 0 Å². The Morgan fingerprint density at radius 1 is 1.73 bits per heavy atom. The number of rotatable bonds is 5. The fraction of sp³-hybridized carbons (Fsp3) is 0.500. The van der Waals surface area contributed by atoms with Gasteiger partial charge in [0.15, 0.2) is 5.13 Å². The molecule has 1 aromatic rings. The van der Waals surface area contributed by atoms with Gasteiger partial charge in [-0.05, 0) is 11.3 Å². The molecule has 0 aromatic carbocycles. The zero-order valence-corrected chi connectivity index (χ0v) is 8.08. The molecule has 0 bridgehead atoms. The predicted octanol–water partition coefficient (Wildman–Crippen LogP) is 1.09. The summed E-state index contributed by atoms with van der Waals surface area (Å²) in [6.45, 7) is -0.400. The summed E-state index contributed by atoms with van der Waals surface area (Å²) in [6.07, 6.45) is -3.65. The highest BCUT2D eigenvalue weighted by Crippen LogP contribution is 2.24. The number of nitro groups is 1. The Bertz CT molecular complexity index is 346. The predicted molar refractivity (Wildman–Crippen MR) is 49.3 cm³/mol. The number of aliphatic hydroxyl groups excluding tert-OH is 1. The summed E-state index contributed by atoms with van der Waals surface area (Å²) in [5.41, 5.74) is 0. The molecule has 0 aliphatic rings. The van der Waals surface area contributed by atoms with Gasteiger partial charge in [0.1, 0.15) is 12.3 Å². The third-order valence-electron chi connectivity index (χ3n) is 1.43. The van der Waals surface area contributed by atoms with Gasteiger partial charge in [-0.15, -0.1) is 0 Å². The van der Waals surface area contributed by atoms with E-state index in [-0.39, 0.29) is 10.1 Å². The molecule has 15 heavy (non-hydrogen) atoms. The third kappa shape index (κ3) is 3.36. The van der Waals surface area contributed by atoms with E-state index in [4.69, 9.17) is 5.11 Å². The number of nitrogens with zero attached hydrogens (tertiary/aromatic N) is 2. The van der Waals surface area contributed by atoms with Gasteiger partial charge < -0.3 is 10.4 Å². The van der Waals surface area contributed by atoms with Crippen LogP contribution in [0, 0.1) is 10.1 Å². The maximum Gasteiger partial charge on any atom is 0.345 e. The molecule has 6 nitrogen and oxygen atoms in total. The van der Waals surface area contributed by atoms with Crippen molar-refractivity contribution in [3.05, 3.63) is 16.3 Å². The number of thiazole rings is 1. The van der Waals surface area contributed by atoms with Crippen molar-refractivity contribution >= 4 is 21.5 Å². The summed E-state index contributed by atoms with van der Waals surface area (Å²) in [5.74, 6) is 0. The Labute approximate surface area is 86.7 Å². The maximum absolute atomic E-state index is 11.8. The number of hydrogen-bond donors (Lipinski definition) is 2. The second-order valence-electron chi connectivity index (χ2n) is 2.54. The molecule has 1 aromatic heterocycles. The second kappa shape index (κ2) is 4.94. The van der Waals surface area contributed by atoms with Crippen molar-refractivity contribution in [3.8, 4) is 0 Å². The van der Waals surface area contributed by atoms with Gasteiger partial charge in [0.05, 0.1) is 4.92 Å². The van der Waals surface area contributed by atoms with Crippen molar-refractivity contribution in [2.45, 2.75) is 12.5 Å². The summed E-state index contributed by atoms with van der Waals surface area (Å²) in [4.78, 5) is 13.2. The molecule has 1 heterocycles. The second-order valence-corrected chi connectivity index (χ2v) is 3.55. The van der Waals surface area contributed by atoms with Crippen LogP contribution in [0.3, 0.4) is 0 Å². The Balaban J connectivity index is 2.48. The molecule has 1 rings (SSSR count). The number of halogens is 2. The number of anilines is 1. The zero-order valence-electron chi connectivity index (χ0n) is 7.26. The topological polar surface area (TPSA) is 88.3 Å². The standard InChI is InChI=1S/C6H7F2N3O3S/c7-5(8)3(12)1-9-6-10-2-4(15-6)11(13)14/h2-3,5,12H,1H2,(H,9,10). The zero-order chi connectivity index (χ0) is 11.4. The van der Waals surface area contributed by atoms with Crippen molar-refractivity contribution in [2.24, 2.45) is 0 Å². The molecule has 0 amide bonds. The molecule has 84 valence electrons. The third-order valence-corrected chi connectivity index (χ3v) is 2.33. The number of aliphatic hydroxyl groups is 1. The molecular formula is C6H7F2N3O3S. The first-order chi connectivity index (χ1) is 7.00. The highest BCUT2D eigenvalue weighted by atomic mass is 32.1. The molecule has 0 saturated heterocycles. The van der Waals surface area contributed by atoms with Gasteiger partial charge in [0.2, 0.25) is 0 Å². The van der Waals surface area contributed by atoms with E-state index in [0.717, 1.165) is 17.5 Å². The van der Waals surface area contributed by atoms with E-state index in [1.54, 1.807) is 0 Å². The van der Waals surface area contributed by atoms with E-state index >= 15 is 0 Å². The fourth-order valence-corrected chi connectivity index (χ4v) is 1.35. The van der Waals surface area contributed by atoms with Crippen LogP contribution in [0.1, 0.15) is 0 Å². The van der Waals surface area contributed by atoms with E-state index in [1.807, 2.05) is 0 Å². The molecule has 9 heteroatoms. The van der Waals surface area contributed by atoms with E-state index in [9.17, 15) is 18.9 Å². The van der Waals surface area contributed by atoms with Gasteiger partial charge in [-0.2, -0.15) is 0 Å². The molecule has 1 unspecified atom stereocenters. The summed E-state index contributed by atoms with van der Waals surface area (Å²) in [5, 5.41) is 21.3. The van der Waals surface area contributed by atoms with Crippen LogP contribution in [0.25, 0.3) is 0 Å². The lowest BCUT2D eigenvalue weighted by atomic mass is 10.4. The van der Waals surface area contributed by atoms with E-state index in [2.05, 4.69) is 10.3 Å². The molecule has 0 spiro atoms. The Hall–Kier alpha value is -1.35. The summed E-state index contributed by atoms with van der Waals surface area (Å²) in [7, 11) is 0. The quantitative estimate of drug-likeness (QED) is 0.593. The smallest absolute Gasteiger partial charge is 0.345 e. The lowest BCUT2D eigenvalue weighted by Crippen LogP contribution is -2.26. The molecule has 2 N–H and O–H groups in total.